The van der Waals surface area contributed by atoms with E-state index in [9.17, 15) is 0 Å². The molecule has 0 spiro atoms. The lowest BCUT2D eigenvalue weighted by Gasteiger charge is -1.97. The third-order valence-electron chi connectivity index (χ3n) is 2.05. The van der Waals surface area contributed by atoms with Crippen molar-refractivity contribution in [2.24, 2.45) is 7.05 Å². The van der Waals surface area contributed by atoms with Gasteiger partial charge in [0, 0.05) is 12.4 Å². The number of nitrogens with zero attached hydrogens (tertiary/aromatic N) is 2. The number of hydrogen-bond acceptors (Lipinski definition) is 2. The number of hydrogen-bond donors (Lipinski definition) is 1. The number of aromatic nitrogens is 2. The number of aliphatic hydroxyl groups excluding tert-OH is 1. The van der Waals surface area contributed by atoms with E-state index >= 15 is 0 Å². The predicted octanol–water partition coefficient (Wildman–Crippen LogP) is 1.83. The molecule has 2 aromatic rings. The minimum absolute atomic E-state index is 0.0682. The van der Waals surface area contributed by atoms with E-state index < -0.39 is 0 Å². The van der Waals surface area contributed by atoms with Gasteiger partial charge in [-0.1, -0.05) is 6.07 Å². The van der Waals surface area contributed by atoms with Gasteiger partial charge in [0.2, 0.25) is 0 Å². The number of fused-ring (bicyclic) bond motifs is 1. The van der Waals surface area contributed by atoms with Crippen molar-refractivity contribution in [1.29, 1.82) is 0 Å². The zero-order valence-electron chi connectivity index (χ0n) is 7.16. The normalized spacial score (nSPS) is 11.0. The Balaban J connectivity index is 2.76. The molecule has 0 saturated heterocycles. The first kappa shape index (κ1) is 8.72. The Hall–Kier alpha value is -0.870. The standard InChI is InChI=1S/C9H9BrN2O/c1-12-8-4-6(5-13)2-3-7(8)9(10)11-12/h2-4,13H,5H2,1H3. The summed E-state index contributed by atoms with van der Waals surface area (Å²) in [7, 11) is 1.88. The molecule has 0 aliphatic rings. The van der Waals surface area contributed by atoms with Crippen LogP contribution in [0.5, 0.6) is 0 Å². The maximum atomic E-state index is 8.95. The average molecular weight is 241 g/mol. The van der Waals surface area contributed by atoms with Crippen LogP contribution in [-0.2, 0) is 13.7 Å². The average Bonchev–Trinajstić information content (AvgIpc) is 2.42. The number of benzene rings is 1. The Kier molecular flexibility index (Phi) is 2.09. The second kappa shape index (κ2) is 3.12. The Morgan fingerprint density at radius 1 is 1.54 bits per heavy atom. The van der Waals surface area contributed by atoms with Crippen molar-refractivity contribution < 1.29 is 5.11 Å². The Morgan fingerprint density at radius 2 is 2.31 bits per heavy atom. The molecule has 0 radical (unpaired) electrons. The highest BCUT2D eigenvalue weighted by molar-refractivity contribution is 9.10. The van der Waals surface area contributed by atoms with Gasteiger partial charge in [-0.3, -0.25) is 4.68 Å². The summed E-state index contributed by atoms with van der Waals surface area (Å²) >= 11 is 3.37. The highest BCUT2D eigenvalue weighted by Gasteiger charge is 2.05. The Labute approximate surface area is 84.1 Å². The maximum absolute atomic E-state index is 8.95. The van der Waals surface area contributed by atoms with E-state index in [2.05, 4.69) is 21.0 Å². The van der Waals surface area contributed by atoms with Crippen molar-refractivity contribution in [3.05, 3.63) is 28.4 Å². The summed E-state index contributed by atoms with van der Waals surface area (Å²) in [5.41, 5.74) is 1.93. The van der Waals surface area contributed by atoms with Crippen LogP contribution in [0.25, 0.3) is 10.9 Å². The fourth-order valence-electron chi connectivity index (χ4n) is 1.36. The van der Waals surface area contributed by atoms with Crippen molar-refractivity contribution in [2.75, 3.05) is 0 Å². The summed E-state index contributed by atoms with van der Waals surface area (Å²) < 4.78 is 2.63. The molecular weight excluding hydrogens is 232 g/mol. The smallest absolute Gasteiger partial charge is 0.135 e. The number of aliphatic hydroxyl groups is 1. The second-order valence-corrected chi connectivity index (χ2v) is 3.68. The molecule has 0 saturated carbocycles. The largest absolute Gasteiger partial charge is 0.392 e. The first-order chi connectivity index (χ1) is 6.22. The molecule has 0 amide bonds. The molecule has 1 aromatic carbocycles. The molecule has 13 heavy (non-hydrogen) atoms. The fourth-order valence-corrected chi connectivity index (χ4v) is 1.93. The molecule has 1 N–H and O–H groups in total. The van der Waals surface area contributed by atoms with Gasteiger partial charge >= 0.3 is 0 Å². The van der Waals surface area contributed by atoms with Gasteiger partial charge in [0.15, 0.2) is 0 Å². The molecule has 2 rings (SSSR count). The predicted molar refractivity (Wildman–Crippen MR) is 54.3 cm³/mol. The van der Waals surface area contributed by atoms with Gasteiger partial charge in [-0.25, -0.2) is 0 Å². The molecule has 0 unspecified atom stereocenters. The number of halogens is 1. The summed E-state index contributed by atoms with van der Waals surface area (Å²) in [6.07, 6.45) is 0. The van der Waals surface area contributed by atoms with Gasteiger partial charge in [-0.15, -0.1) is 0 Å². The minimum atomic E-state index is 0.0682. The minimum Gasteiger partial charge on any atom is -0.392 e. The number of rotatable bonds is 1. The molecular formula is C9H9BrN2O. The molecule has 68 valence electrons. The van der Waals surface area contributed by atoms with Gasteiger partial charge in [0.1, 0.15) is 4.60 Å². The number of aryl methyl sites for hydroxylation is 1. The van der Waals surface area contributed by atoms with Crippen LogP contribution in [0.15, 0.2) is 22.8 Å². The van der Waals surface area contributed by atoms with E-state index in [0.29, 0.717) is 0 Å². The highest BCUT2D eigenvalue weighted by atomic mass is 79.9. The van der Waals surface area contributed by atoms with E-state index in [4.69, 9.17) is 5.11 Å². The fraction of sp³-hybridized carbons (Fsp3) is 0.222. The van der Waals surface area contributed by atoms with Gasteiger partial charge in [-0.2, -0.15) is 5.10 Å². The first-order valence-electron chi connectivity index (χ1n) is 3.94. The van der Waals surface area contributed by atoms with Crippen molar-refractivity contribution in [3.63, 3.8) is 0 Å². The molecule has 0 aliphatic heterocycles. The molecule has 0 bridgehead atoms. The molecule has 3 nitrogen and oxygen atoms in total. The van der Waals surface area contributed by atoms with Crippen LogP contribution in [0, 0.1) is 0 Å². The van der Waals surface area contributed by atoms with E-state index in [1.165, 1.54) is 0 Å². The SMILES string of the molecule is Cn1nc(Br)c2ccc(CO)cc21. The summed E-state index contributed by atoms with van der Waals surface area (Å²) in [6, 6.07) is 5.79. The lowest BCUT2D eigenvalue weighted by atomic mass is 10.2. The molecule has 4 heteroatoms. The summed E-state index contributed by atoms with van der Waals surface area (Å²) in [6.45, 7) is 0.0682. The van der Waals surface area contributed by atoms with Crippen LogP contribution < -0.4 is 0 Å². The molecule has 1 heterocycles. The Bertz CT molecular complexity index is 450. The van der Waals surface area contributed by atoms with Gasteiger partial charge < -0.3 is 5.11 Å². The van der Waals surface area contributed by atoms with Crippen LogP contribution in [-0.4, -0.2) is 14.9 Å². The zero-order valence-corrected chi connectivity index (χ0v) is 8.74. The van der Waals surface area contributed by atoms with Gasteiger partial charge in [0.05, 0.1) is 12.1 Å². The van der Waals surface area contributed by atoms with Crippen molar-refractivity contribution in [1.82, 2.24) is 9.78 Å². The lowest BCUT2D eigenvalue weighted by Crippen LogP contribution is -1.90. The zero-order chi connectivity index (χ0) is 9.42. The monoisotopic (exact) mass is 240 g/mol. The summed E-state index contributed by atoms with van der Waals surface area (Å²) in [5.74, 6) is 0. The molecule has 1 aromatic heterocycles. The van der Waals surface area contributed by atoms with E-state index in [-0.39, 0.29) is 6.61 Å². The topological polar surface area (TPSA) is 38.0 Å². The lowest BCUT2D eigenvalue weighted by molar-refractivity contribution is 0.282. The van der Waals surface area contributed by atoms with E-state index in [1.807, 2.05) is 25.2 Å². The third-order valence-corrected chi connectivity index (χ3v) is 2.64. The van der Waals surface area contributed by atoms with Crippen LogP contribution in [0.1, 0.15) is 5.56 Å². The highest BCUT2D eigenvalue weighted by Crippen LogP contribution is 2.23. The summed E-state index contributed by atoms with van der Waals surface area (Å²) in [4.78, 5) is 0. The van der Waals surface area contributed by atoms with Crippen molar-refractivity contribution in [2.45, 2.75) is 6.61 Å². The second-order valence-electron chi connectivity index (χ2n) is 2.92. The van der Waals surface area contributed by atoms with Crippen LogP contribution in [0.3, 0.4) is 0 Å². The van der Waals surface area contributed by atoms with E-state index in [0.717, 1.165) is 21.1 Å². The van der Waals surface area contributed by atoms with Crippen LogP contribution >= 0.6 is 15.9 Å². The van der Waals surface area contributed by atoms with Gasteiger partial charge in [0.25, 0.3) is 0 Å². The third kappa shape index (κ3) is 1.36. The molecule has 0 atom stereocenters. The maximum Gasteiger partial charge on any atom is 0.135 e. The first-order valence-corrected chi connectivity index (χ1v) is 4.73. The van der Waals surface area contributed by atoms with E-state index in [1.54, 1.807) is 4.68 Å². The van der Waals surface area contributed by atoms with Crippen LogP contribution in [0.2, 0.25) is 0 Å². The van der Waals surface area contributed by atoms with Gasteiger partial charge in [-0.05, 0) is 33.6 Å². The quantitative estimate of drug-likeness (QED) is 0.827. The molecule has 0 aliphatic carbocycles. The molecule has 0 fully saturated rings. The van der Waals surface area contributed by atoms with Crippen molar-refractivity contribution >= 4 is 26.8 Å². The van der Waals surface area contributed by atoms with Crippen molar-refractivity contribution in [3.8, 4) is 0 Å². The Morgan fingerprint density at radius 3 is 3.00 bits per heavy atom. The summed E-state index contributed by atoms with van der Waals surface area (Å²) in [5, 5.41) is 14.2. The van der Waals surface area contributed by atoms with Crippen LogP contribution in [0.4, 0.5) is 0 Å².